The molecule has 5 aromatic rings. The Labute approximate surface area is 191 Å². The summed E-state index contributed by atoms with van der Waals surface area (Å²) >= 11 is 5.83. The molecular weight excluding hydrogens is 450 g/mol. The molecule has 1 amide bonds. The molecule has 0 unspecified atom stereocenters. The van der Waals surface area contributed by atoms with Crippen LogP contribution in [0.15, 0.2) is 71.1 Å². The summed E-state index contributed by atoms with van der Waals surface area (Å²) in [5.41, 5.74) is 3.67. The molecule has 0 radical (unpaired) electrons. The van der Waals surface area contributed by atoms with Gasteiger partial charge in [0.05, 0.1) is 10.7 Å². The maximum atomic E-state index is 13.4. The van der Waals surface area contributed by atoms with Gasteiger partial charge in [-0.3, -0.25) is 4.79 Å². The van der Waals surface area contributed by atoms with Crippen LogP contribution in [0, 0.1) is 18.6 Å². The molecule has 5 rings (SSSR count). The number of anilines is 1. The third-order valence-corrected chi connectivity index (χ3v) is 5.36. The highest BCUT2D eigenvalue weighted by Crippen LogP contribution is 2.28. The smallest absolute Gasteiger partial charge is 0.291 e. The van der Waals surface area contributed by atoms with Gasteiger partial charge >= 0.3 is 0 Å². The molecule has 33 heavy (non-hydrogen) atoms. The summed E-state index contributed by atoms with van der Waals surface area (Å²) in [5, 5.41) is 11.6. The predicted octanol–water partition coefficient (Wildman–Crippen LogP) is 6.17. The topological polar surface area (TPSA) is 73.0 Å². The van der Waals surface area contributed by atoms with Gasteiger partial charge in [0.1, 0.15) is 28.4 Å². The van der Waals surface area contributed by atoms with Gasteiger partial charge in [0.25, 0.3) is 5.91 Å². The van der Waals surface area contributed by atoms with Crippen molar-refractivity contribution in [2.45, 2.75) is 6.92 Å². The van der Waals surface area contributed by atoms with E-state index in [-0.39, 0.29) is 16.6 Å². The molecule has 0 spiro atoms. The standard InChI is InChI=1S/C24H15ClF2N4O2/c1-13-10-20-21(30-31(29-20)16-5-3-15(26)4-6-16)12-19(13)28-24(32)23-9-8-22(33-23)14-2-7-18(27)17(25)11-14/h2-12H,1H3,(H,28,32). The molecule has 0 aliphatic rings. The number of nitrogens with one attached hydrogen (secondary N) is 1. The van der Waals surface area contributed by atoms with Crippen molar-refractivity contribution in [3.8, 4) is 17.0 Å². The average Bonchev–Trinajstić information content (AvgIpc) is 3.44. The molecule has 0 atom stereocenters. The molecule has 0 aliphatic carbocycles. The fraction of sp³-hybridized carbons (Fsp3) is 0.0417. The Morgan fingerprint density at radius 1 is 0.970 bits per heavy atom. The Balaban J connectivity index is 1.40. The molecule has 1 N–H and O–H groups in total. The van der Waals surface area contributed by atoms with Gasteiger partial charge < -0.3 is 9.73 Å². The van der Waals surface area contributed by atoms with Crippen LogP contribution in [0.3, 0.4) is 0 Å². The maximum Gasteiger partial charge on any atom is 0.291 e. The summed E-state index contributed by atoms with van der Waals surface area (Å²) in [4.78, 5) is 14.2. The summed E-state index contributed by atoms with van der Waals surface area (Å²) in [6.45, 7) is 1.83. The number of rotatable bonds is 4. The van der Waals surface area contributed by atoms with Gasteiger partial charge in [-0.05, 0) is 79.2 Å². The molecule has 9 heteroatoms. The Hall–Kier alpha value is -4.04. The van der Waals surface area contributed by atoms with E-state index in [1.54, 1.807) is 30.3 Å². The van der Waals surface area contributed by atoms with Crippen LogP contribution in [0.25, 0.3) is 28.0 Å². The second-order valence-electron chi connectivity index (χ2n) is 7.37. The summed E-state index contributed by atoms with van der Waals surface area (Å²) in [7, 11) is 0. The van der Waals surface area contributed by atoms with Crippen molar-refractivity contribution in [1.82, 2.24) is 15.0 Å². The summed E-state index contributed by atoms with van der Waals surface area (Å²) in [6, 6.07) is 16.6. The molecule has 0 bridgehead atoms. The van der Waals surface area contributed by atoms with Crippen molar-refractivity contribution in [2.75, 3.05) is 5.32 Å². The van der Waals surface area contributed by atoms with E-state index in [9.17, 15) is 13.6 Å². The number of nitrogens with zero attached hydrogens (tertiary/aromatic N) is 3. The lowest BCUT2D eigenvalue weighted by Gasteiger charge is -2.06. The summed E-state index contributed by atoms with van der Waals surface area (Å²) in [5.74, 6) is -0.869. The molecule has 6 nitrogen and oxygen atoms in total. The van der Waals surface area contributed by atoms with E-state index in [0.717, 1.165) is 5.56 Å². The van der Waals surface area contributed by atoms with Crippen molar-refractivity contribution in [3.63, 3.8) is 0 Å². The van der Waals surface area contributed by atoms with Crippen molar-refractivity contribution < 1.29 is 18.0 Å². The SMILES string of the molecule is Cc1cc2nn(-c3ccc(F)cc3)nc2cc1NC(=O)c1ccc(-c2ccc(F)c(Cl)c2)o1. The number of hydrogen-bond donors (Lipinski definition) is 1. The first-order valence-electron chi connectivity index (χ1n) is 9.87. The molecule has 2 heterocycles. The second-order valence-corrected chi connectivity index (χ2v) is 7.78. The number of benzene rings is 3. The van der Waals surface area contributed by atoms with Gasteiger partial charge in [-0.25, -0.2) is 8.78 Å². The van der Waals surface area contributed by atoms with Gasteiger partial charge in [0.2, 0.25) is 0 Å². The number of halogens is 3. The summed E-state index contributed by atoms with van der Waals surface area (Å²) < 4.78 is 32.2. The number of amides is 1. The first-order chi connectivity index (χ1) is 15.9. The van der Waals surface area contributed by atoms with E-state index in [0.29, 0.717) is 33.7 Å². The van der Waals surface area contributed by atoms with Gasteiger partial charge in [-0.2, -0.15) is 4.80 Å². The van der Waals surface area contributed by atoms with Gasteiger partial charge in [-0.1, -0.05) is 11.6 Å². The highest BCUT2D eigenvalue weighted by atomic mass is 35.5. The average molecular weight is 465 g/mol. The molecule has 0 saturated heterocycles. The van der Waals surface area contributed by atoms with E-state index in [1.807, 2.05) is 6.92 Å². The quantitative estimate of drug-likeness (QED) is 0.345. The summed E-state index contributed by atoms with van der Waals surface area (Å²) in [6.07, 6.45) is 0. The molecule has 3 aromatic carbocycles. The number of aryl methyl sites for hydroxylation is 1. The molecule has 2 aromatic heterocycles. The minimum atomic E-state index is -0.535. The van der Waals surface area contributed by atoms with Crippen LogP contribution in [-0.4, -0.2) is 20.9 Å². The molecule has 0 saturated carbocycles. The number of aromatic nitrogens is 3. The van der Waals surface area contributed by atoms with Crippen LogP contribution in [0.2, 0.25) is 5.02 Å². The normalized spacial score (nSPS) is 11.2. The zero-order valence-electron chi connectivity index (χ0n) is 17.1. The van der Waals surface area contributed by atoms with Crippen LogP contribution in [0.4, 0.5) is 14.5 Å². The fourth-order valence-corrected chi connectivity index (χ4v) is 3.52. The number of carbonyl (C=O) groups is 1. The van der Waals surface area contributed by atoms with Gasteiger partial charge in [-0.15, -0.1) is 10.2 Å². The number of furan rings is 1. The Kier molecular flexibility index (Phi) is 5.14. The number of hydrogen-bond acceptors (Lipinski definition) is 4. The minimum absolute atomic E-state index is 0.0347. The third-order valence-electron chi connectivity index (χ3n) is 5.07. The van der Waals surface area contributed by atoms with Crippen LogP contribution < -0.4 is 5.32 Å². The monoisotopic (exact) mass is 464 g/mol. The molecule has 0 fully saturated rings. The molecular formula is C24H15ClF2N4O2. The number of carbonyl (C=O) groups excluding carboxylic acids is 1. The maximum absolute atomic E-state index is 13.4. The minimum Gasteiger partial charge on any atom is -0.451 e. The van der Waals surface area contributed by atoms with Gasteiger partial charge in [0.15, 0.2) is 5.76 Å². The van der Waals surface area contributed by atoms with Crippen LogP contribution in [0.1, 0.15) is 16.1 Å². The molecule has 0 aliphatic heterocycles. The van der Waals surface area contributed by atoms with Crippen molar-refractivity contribution in [3.05, 3.63) is 94.7 Å². The largest absolute Gasteiger partial charge is 0.451 e. The number of fused-ring (bicyclic) bond motifs is 1. The highest BCUT2D eigenvalue weighted by molar-refractivity contribution is 6.31. The lowest BCUT2D eigenvalue weighted by molar-refractivity contribution is 0.0997. The third kappa shape index (κ3) is 4.08. The van der Waals surface area contributed by atoms with E-state index < -0.39 is 11.7 Å². The first kappa shape index (κ1) is 20.8. The Bertz CT molecular complexity index is 1510. The van der Waals surface area contributed by atoms with E-state index in [1.165, 1.54) is 41.2 Å². The van der Waals surface area contributed by atoms with Crippen molar-refractivity contribution in [1.29, 1.82) is 0 Å². The van der Waals surface area contributed by atoms with Crippen LogP contribution in [-0.2, 0) is 0 Å². The van der Waals surface area contributed by atoms with Gasteiger partial charge in [0, 0.05) is 11.3 Å². The Morgan fingerprint density at radius 3 is 2.42 bits per heavy atom. The van der Waals surface area contributed by atoms with E-state index in [2.05, 4.69) is 15.5 Å². The lowest BCUT2D eigenvalue weighted by Crippen LogP contribution is -2.11. The van der Waals surface area contributed by atoms with Crippen molar-refractivity contribution >= 4 is 34.2 Å². The second kappa shape index (κ2) is 8.14. The zero-order chi connectivity index (χ0) is 23.1. The first-order valence-corrected chi connectivity index (χ1v) is 10.3. The van der Waals surface area contributed by atoms with Crippen molar-refractivity contribution in [2.24, 2.45) is 0 Å². The Morgan fingerprint density at radius 2 is 1.70 bits per heavy atom. The van der Waals surface area contributed by atoms with E-state index >= 15 is 0 Å². The van der Waals surface area contributed by atoms with Crippen LogP contribution >= 0.6 is 11.6 Å². The highest BCUT2D eigenvalue weighted by Gasteiger charge is 2.16. The van der Waals surface area contributed by atoms with E-state index in [4.69, 9.17) is 16.0 Å². The lowest BCUT2D eigenvalue weighted by atomic mass is 10.1. The molecule has 164 valence electrons. The van der Waals surface area contributed by atoms with Crippen LogP contribution in [0.5, 0.6) is 0 Å². The fourth-order valence-electron chi connectivity index (χ4n) is 3.34. The predicted molar refractivity (Wildman–Crippen MR) is 121 cm³/mol. The zero-order valence-corrected chi connectivity index (χ0v) is 17.9.